The van der Waals surface area contributed by atoms with Gasteiger partial charge in [-0.25, -0.2) is 4.98 Å². The van der Waals surface area contributed by atoms with E-state index in [-0.39, 0.29) is 11.9 Å². The average Bonchev–Trinajstić information content (AvgIpc) is 3.24. The molecule has 0 bridgehead atoms. The van der Waals surface area contributed by atoms with Gasteiger partial charge in [-0.2, -0.15) is 0 Å². The Labute approximate surface area is 224 Å². The Kier molecular flexibility index (Phi) is 8.88. The van der Waals surface area contributed by atoms with Crippen LogP contribution in [0.15, 0.2) is 66.7 Å². The molecule has 1 N–H and O–H groups in total. The van der Waals surface area contributed by atoms with Gasteiger partial charge in [0.25, 0.3) is 0 Å². The summed E-state index contributed by atoms with van der Waals surface area (Å²) >= 11 is 5.97. The molecule has 194 valence electrons. The largest absolute Gasteiger partial charge is 0.493 e. The van der Waals surface area contributed by atoms with Crippen molar-refractivity contribution in [3.63, 3.8) is 0 Å². The van der Waals surface area contributed by atoms with E-state index < -0.39 is 0 Å². The molecule has 3 aromatic carbocycles. The predicted octanol–water partition coefficient (Wildman–Crippen LogP) is 7.40. The molecule has 0 spiro atoms. The number of fused-ring (bicyclic) bond motifs is 1. The average molecular weight is 518 g/mol. The Balaban J connectivity index is 1.39. The molecule has 0 aliphatic rings. The van der Waals surface area contributed by atoms with E-state index in [0.717, 1.165) is 47.6 Å². The fraction of sp³-hybridized carbons (Fsp3) is 0.355. The van der Waals surface area contributed by atoms with E-state index in [9.17, 15) is 4.79 Å². The molecular formula is C31H36ClN3O2. The standard InChI is InChI=1S/C31H36ClN3O2/c1-21(2)26-16-11-22(3)19-29(26)37-18-8-7-17-35-28-10-6-5-9-27(28)34-31(35)23(4)33-30(36)20-24-12-14-25(32)15-13-24/h5-6,9-16,19,21,23H,7-8,17-18,20H2,1-4H3,(H,33,36). The molecule has 37 heavy (non-hydrogen) atoms. The van der Waals surface area contributed by atoms with Crippen LogP contribution in [0, 0.1) is 6.92 Å². The van der Waals surface area contributed by atoms with Crippen LogP contribution in [0.1, 0.15) is 68.1 Å². The summed E-state index contributed by atoms with van der Waals surface area (Å²) in [5, 5.41) is 3.79. The first-order chi connectivity index (χ1) is 17.8. The van der Waals surface area contributed by atoms with Gasteiger partial charge in [-0.1, -0.05) is 61.8 Å². The van der Waals surface area contributed by atoms with Crippen LogP contribution in [0.4, 0.5) is 0 Å². The highest BCUT2D eigenvalue weighted by molar-refractivity contribution is 6.30. The minimum absolute atomic E-state index is 0.0408. The molecule has 1 atom stereocenters. The van der Waals surface area contributed by atoms with Crippen LogP contribution < -0.4 is 10.1 Å². The fourth-order valence-corrected chi connectivity index (χ4v) is 4.73. The van der Waals surface area contributed by atoms with Crippen LogP contribution in [0.2, 0.25) is 5.02 Å². The number of aryl methyl sites for hydroxylation is 2. The van der Waals surface area contributed by atoms with Crippen molar-refractivity contribution in [2.45, 2.75) is 65.5 Å². The second-order valence-electron chi connectivity index (χ2n) is 9.95. The molecule has 4 rings (SSSR count). The molecule has 0 saturated carbocycles. The van der Waals surface area contributed by atoms with Gasteiger partial charge in [0.2, 0.25) is 5.91 Å². The number of carbonyl (C=O) groups is 1. The third-order valence-corrected chi connectivity index (χ3v) is 6.80. The number of unbranched alkanes of at least 4 members (excludes halogenated alkanes) is 1. The number of hydrogen-bond donors (Lipinski definition) is 1. The second kappa shape index (κ2) is 12.3. The number of rotatable bonds is 11. The van der Waals surface area contributed by atoms with E-state index in [0.29, 0.717) is 24.0 Å². The summed E-state index contributed by atoms with van der Waals surface area (Å²) in [7, 11) is 0. The highest BCUT2D eigenvalue weighted by Gasteiger charge is 2.18. The lowest BCUT2D eigenvalue weighted by Crippen LogP contribution is -2.30. The lowest BCUT2D eigenvalue weighted by Gasteiger charge is -2.17. The van der Waals surface area contributed by atoms with Gasteiger partial charge in [0.05, 0.1) is 30.1 Å². The molecule has 4 aromatic rings. The lowest BCUT2D eigenvalue weighted by atomic mass is 10.0. The quantitative estimate of drug-likeness (QED) is 0.211. The number of halogens is 1. The van der Waals surface area contributed by atoms with Gasteiger partial charge in [-0.15, -0.1) is 0 Å². The zero-order valence-corrected chi connectivity index (χ0v) is 22.9. The Bertz CT molecular complexity index is 1340. The highest BCUT2D eigenvalue weighted by Crippen LogP contribution is 2.28. The number of para-hydroxylation sites is 2. The van der Waals surface area contributed by atoms with Crippen molar-refractivity contribution in [3.8, 4) is 5.75 Å². The molecule has 6 heteroatoms. The molecular weight excluding hydrogens is 482 g/mol. The molecule has 0 radical (unpaired) electrons. The van der Waals surface area contributed by atoms with Crippen molar-refractivity contribution in [1.82, 2.24) is 14.9 Å². The first-order valence-corrected chi connectivity index (χ1v) is 13.4. The highest BCUT2D eigenvalue weighted by atomic mass is 35.5. The SMILES string of the molecule is Cc1ccc(C(C)C)c(OCCCCn2c(C(C)NC(=O)Cc3ccc(Cl)cc3)nc3ccccc32)c1. The summed E-state index contributed by atoms with van der Waals surface area (Å²) in [4.78, 5) is 17.6. The van der Waals surface area contributed by atoms with Gasteiger partial charge in [-0.05, 0) is 79.6 Å². The van der Waals surface area contributed by atoms with Gasteiger partial charge in [0.15, 0.2) is 0 Å². The molecule has 1 unspecified atom stereocenters. The summed E-state index contributed by atoms with van der Waals surface area (Å²) in [6.45, 7) is 9.95. The van der Waals surface area contributed by atoms with Crippen LogP contribution in [0.5, 0.6) is 5.75 Å². The maximum absolute atomic E-state index is 12.7. The second-order valence-corrected chi connectivity index (χ2v) is 10.4. The number of nitrogens with zero attached hydrogens (tertiary/aromatic N) is 2. The smallest absolute Gasteiger partial charge is 0.224 e. The molecule has 1 heterocycles. The normalized spacial score (nSPS) is 12.2. The van der Waals surface area contributed by atoms with Crippen molar-refractivity contribution in [2.75, 3.05) is 6.61 Å². The Hall–Kier alpha value is -3.31. The van der Waals surface area contributed by atoms with Crippen LogP contribution in [-0.2, 0) is 17.8 Å². The van der Waals surface area contributed by atoms with E-state index in [2.05, 4.69) is 54.9 Å². The van der Waals surface area contributed by atoms with Crippen molar-refractivity contribution in [1.29, 1.82) is 0 Å². The molecule has 0 saturated heterocycles. The minimum atomic E-state index is -0.218. The lowest BCUT2D eigenvalue weighted by molar-refractivity contribution is -0.121. The van der Waals surface area contributed by atoms with E-state index in [1.54, 1.807) is 12.1 Å². The number of hydrogen-bond acceptors (Lipinski definition) is 3. The summed E-state index contributed by atoms with van der Waals surface area (Å²) < 4.78 is 8.42. The first-order valence-electron chi connectivity index (χ1n) is 13.0. The summed E-state index contributed by atoms with van der Waals surface area (Å²) in [6, 6.07) is 21.7. The third kappa shape index (κ3) is 6.92. The van der Waals surface area contributed by atoms with Gasteiger partial charge in [-0.3, -0.25) is 4.79 Å². The summed E-state index contributed by atoms with van der Waals surface area (Å²) in [5.41, 5.74) is 5.40. The van der Waals surface area contributed by atoms with Crippen LogP contribution >= 0.6 is 11.6 Å². The number of aromatic nitrogens is 2. The van der Waals surface area contributed by atoms with Crippen molar-refractivity contribution >= 4 is 28.5 Å². The van der Waals surface area contributed by atoms with Crippen molar-refractivity contribution < 1.29 is 9.53 Å². The zero-order valence-electron chi connectivity index (χ0n) is 22.1. The Morgan fingerprint density at radius 2 is 1.78 bits per heavy atom. The van der Waals surface area contributed by atoms with Crippen LogP contribution in [0.3, 0.4) is 0 Å². The topological polar surface area (TPSA) is 56.1 Å². The number of amides is 1. The van der Waals surface area contributed by atoms with Crippen LogP contribution in [-0.4, -0.2) is 22.1 Å². The molecule has 0 fully saturated rings. The number of nitrogens with one attached hydrogen (secondary N) is 1. The van der Waals surface area contributed by atoms with Gasteiger partial charge >= 0.3 is 0 Å². The maximum Gasteiger partial charge on any atom is 0.224 e. The van der Waals surface area contributed by atoms with E-state index in [1.807, 2.05) is 37.3 Å². The fourth-order valence-electron chi connectivity index (χ4n) is 4.60. The maximum atomic E-state index is 12.7. The Morgan fingerprint density at radius 3 is 2.54 bits per heavy atom. The number of ether oxygens (including phenoxy) is 1. The minimum Gasteiger partial charge on any atom is -0.493 e. The number of imidazole rings is 1. The van der Waals surface area contributed by atoms with Gasteiger partial charge < -0.3 is 14.6 Å². The monoisotopic (exact) mass is 517 g/mol. The van der Waals surface area contributed by atoms with Gasteiger partial charge in [0, 0.05) is 11.6 Å². The predicted molar refractivity (Wildman–Crippen MR) is 151 cm³/mol. The summed E-state index contributed by atoms with van der Waals surface area (Å²) in [6.07, 6.45) is 2.17. The molecule has 5 nitrogen and oxygen atoms in total. The summed E-state index contributed by atoms with van der Waals surface area (Å²) in [5.74, 6) is 2.24. The zero-order chi connectivity index (χ0) is 26.4. The van der Waals surface area contributed by atoms with E-state index >= 15 is 0 Å². The van der Waals surface area contributed by atoms with Crippen molar-refractivity contribution in [3.05, 3.63) is 94.3 Å². The molecule has 1 aromatic heterocycles. The van der Waals surface area contributed by atoms with Crippen molar-refractivity contribution in [2.24, 2.45) is 0 Å². The third-order valence-electron chi connectivity index (χ3n) is 6.55. The number of carbonyl (C=O) groups excluding carboxylic acids is 1. The van der Waals surface area contributed by atoms with E-state index in [4.69, 9.17) is 21.3 Å². The molecule has 0 aliphatic heterocycles. The van der Waals surface area contributed by atoms with E-state index in [1.165, 1.54) is 11.1 Å². The number of benzene rings is 3. The Morgan fingerprint density at radius 1 is 1.03 bits per heavy atom. The van der Waals surface area contributed by atoms with Gasteiger partial charge in [0.1, 0.15) is 11.6 Å². The first kappa shape index (κ1) is 26.7. The molecule has 1 amide bonds. The molecule has 0 aliphatic carbocycles. The van der Waals surface area contributed by atoms with Crippen LogP contribution in [0.25, 0.3) is 11.0 Å².